The molecule has 2 heterocycles. The van der Waals surface area contributed by atoms with E-state index in [2.05, 4.69) is 10.6 Å². The average molecular weight is 304 g/mol. The molecule has 3 rings (SSSR count). The van der Waals surface area contributed by atoms with Gasteiger partial charge >= 0.3 is 0 Å². The summed E-state index contributed by atoms with van der Waals surface area (Å²) in [6, 6.07) is 4.67. The van der Waals surface area contributed by atoms with E-state index in [0.717, 1.165) is 5.56 Å². The van der Waals surface area contributed by atoms with E-state index in [0.29, 0.717) is 31.1 Å². The Hall–Kier alpha value is -2.57. The Balaban J connectivity index is 1.60. The number of fused-ring (bicyclic) bond motifs is 1. The Bertz CT molecular complexity index is 628. The first-order valence-electron chi connectivity index (χ1n) is 7.13. The van der Waals surface area contributed by atoms with Gasteiger partial charge in [0, 0.05) is 6.42 Å². The highest BCUT2D eigenvalue weighted by Gasteiger charge is 2.27. The molecule has 3 amide bonds. The lowest BCUT2D eigenvalue weighted by Gasteiger charge is -2.22. The quantitative estimate of drug-likeness (QED) is 0.762. The lowest BCUT2D eigenvalue weighted by Crippen LogP contribution is -2.52. The molecular weight excluding hydrogens is 288 g/mol. The van der Waals surface area contributed by atoms with E-state index in [1.54, 1.807) is 18.2 Å². The highest BCUT2D eigenvalue weighted by molar-refractivity contribution is 6.01. The maximum atomic E-state index is 12.0. The first kappa shape index (κ1) is 14.4. The number of amides is 3. The predicted octanol–water partition coefficient (Wildman–Crippen LogP) is -0.0783. The predicted molar refractivity (Wildman–Crippen MR) is 75.5 cm³/mol. The number of rotatable bonds is 3. The highest BCUT2D eigenvalue weighted by atomic mass is 16.6. The summed E-state index contributed by atoms with van der Waals surface area (Å²) in [5.74, 6) is 0.262. The van der Waals surface area contributed by atoms with Crippen molar-refractivity contribution >= 4 is 17.7 Å². The fraction of sp³-hybridized carbons (Fsp3) is 0.400. The van der Waals surface area contributed by atoms with Crippen molar-refractivity contribution in [2.24, 2.45) is 0 Å². The minimum atomic E-state index is -0.651. The van der Waals surface area contributed by atoms with E-state index in [9.17, 15) is 14.4 Å². The summed E-state index contributed by atoms with van der Waals surface area (Å²) < 4.78 is 10.9. The average Bonchev–Trinajstić information content (AvgIpc) is 2.50. The van der Waals surface area contributed by atoms with Crippen LogP contribution in [0.4, 0.5) is 0 Å². The molecule has 1 saturated heterocycles. The van der Waals surface area contributed by atoms with Crippen LogP contribution in [-0.4, -0.2) is 37.0 Å². The molecular formula is C15H16N2O5. The van der Waals surface area contributed by atoms with Crippen molar-refractivity contribution in [1.82, 2.24) is 10.6 Å². The van der Waals surface area contributed by atoms with Crippen molar-refractivity contribution in [3.05, 3.63) is 23.8 Å². The van der Waals surface area contributed by atoms with E-state index in [1.807, 2.05) is 0 Å². The molecule has 0 saturated carbocycles. The third-order valence-electron chi connectivity index (χ3n) is 3.55. The Kier molecular flexibility index (Phi) is 3.95. The normalized spacial score (nSPS) is 20.3. The first-order chi connectivity index (χ1) is 10.6. The minimum absolute atomic E-state index is 0.133. The lowest BCUT2D eigenvalue weighted by atomic mass is 10.1. The van der Waals surface area contributed by atoms with Crippen LogP contribution in [0.2, 0.25) is 0 Å². The largest absolute Gasteiger partial charge is 0.486 e. The van der Waals surface area contributed by atoms with Crippen LogP contribution >= 0.6 is 0 Å². The van der Waals surface area contributed by atoms with Crippen molar-refractivity contribution in [3.8, 4) is 11.5 Å². The Morgan fingerprint density at radius 3 is 2.77 bits per heavy atom. The third kappa shape index (κ3) is 3.19. The van der Waals surface area contributed by atoms with E-state index >= 15 is 0 Å². The number of hydrogen-bond acceptors (Lipinski definition) is 5. The molecule has 7 nitrogen and oxygen atoms in total. The van der Waals surface area contributed by atoms with Crippen LogP contribution in [0.15, 0.2) is 18.2 Å². The molecule has 1 atom stereocenters. The summed E-state index contributed by atoms with van der Waals surface area (Å²) in [5, 5.41) is 4.85. The number of carbonyl (C=O) groups excluding carboxylic acids is 3. The molecule has 0 aliphatic carbocycles. The molecule has 0 radical (unpaired) electrons. The molecule has 1 aromatic carbocycles. The van der Waals surface area contributed by atoms with Gasteiger partial charge in [0.15, 0.2) is 11.5 Å². The van der Waals surface area contributed by atoms with Gasteiger partial charge in [-0.05, 0) is 24.1 Å². The Morgan fingerprint density at radius 2 is 2.00 bits per heavy atom. The van der Waals surface area contributed by atoms with Crippen LogP contribution in [0.1, 0.15) is 18.4 Å². The number of nitrogens with one attached hydrogen (secondary N) is 2. The second-order valence-corrected chi connectivity index (χ2v) is 5.23. The zero-order valence-corrected chi connectivity index (χ0v) is 11.9. The van der Waals surface area contributed by atoms with Crippen molar-refractivity contribution < 1.29 is 23.9 Å². The van der Waals surface area contributed by atoms with Gasteiger partial charge in [-0.2, -0.15) is 0 Å². The van der Waals surface area contributed by atoms with Crippen LogP contribution in [0.3, 0.4) is 0 Å². The van der Waals surface area contributed by atoms with Gasteiger partial charge in [0.05, 0.1) is 6.42 Å². The molecule has 2 aliphatic rings. The Labute approximate surface area is 127 Å². The van der Waals surface area contributed by atoms with Gasteiger partial charge in [-0.15, -0.1) is 0 Å². The number of benzene rings is 1. The molecule has 0 bridgehead atoms. The van der Waals surface area contributed by atoms with Crippen LogP contribution < -0.4 is 20.1 Å². The van der Waals surface area contributed by atoms with E-state index in [1.165, 1.54) is 0 Å². The van der Waals surface area contributed by atoms with Gasteiger partial charge in [0.1, 0.15) is 19.3 Å². The summed E-state index contributed by atoms with van der Waals surface area (Å²) in [7, 11) is 0. The number of ether oxygens (including phenoxy) is 2. The molecule has 116 valence electrons. The van der Waals surface area contributed by atoms with Gasteiger partial charge < -0.3 is 14.8 Å². The third-order valence-corrected chi connectivity index (χ3v) is 3.55. The van der Waals surface area contributed by atoms with Crippen molar-refractivity contribution in [1.29, 1.82) is 0 Å². The van der Waals surface area contributed by atoms with Gasteiger partial charge in [-0.25, -0.2) is 0 Å². The van der Waals surface area contributed by atoms with Crippen LogP contribution in [0.25, 0.3) is 0 Å². The fourth-order valence-corrected chi connectivity index (χ4v) is 2.46. The van der Waals surface area contributed by atoms with Crippen molar-refractivity contribution in [3.63, 3.8) is 0 Å². The van der Waals surface area contributed by atoms with Gasteiger partial charge in [0.25, 0.3) is 0 Å². The van der Waals surface area contributed by atoms with E-state index < -0.39 is 11.9 Å². The number of carbonyl (C=O) groups is 3. The van der Waals surface area contributed by atoms with Gasteiger partial charge in [-0.1, -0.05) is 6.07 Å². The summed E-state index contributed by atoms with van der Waals surface area (Å²) in [4.78, 5) is 34.7. The van der Waals surface area contributed by atoms with E-state index in [-0.39, 0.29) is 24.7 Å². The Morgan fingerprint density at radius 1 is 1.23 bits per heavy atom. The van der Waals surface area contributed by atoms with Crippen LogP contribution in [0, 0.1) is 0 Å². The molecule has 1 unspecified atom stereocenters. The van der Waals surface area contributed by atoms with Crippen molar-refractivity contribution in [2.75, 3.05) is 13.2 Å². The molecule has 22 heavy (non-hydrogen) atoms. The zero-order valence-electron chi connectivity index (χ0n) is 11.9. The second kappa shape index (κ2) is 6.05. The smallest absolute Gasteiger partial charge is 0.249 e. The highest BCUT2D eigenvalue weighted by Crippen LogP contribution is 2.30. The van der Waals surface area contributed by atoms with Crippen LogP contribution in [0.5, 0.6) is 11.5 Å². The molecule has 2 aliphatic heterocycles. The molecule has 0 aromatic heterocycles. The summed E-state index contributed by atoms with van der Waals surface area (Å²) in [6.45, 7) is 1.00. The number of imide groups is 1. The van der Waals surface area contributed by atoms with Gasteiger partial charge in [-0.3, -0.25) is 19.7 Å². The van der Waals surface area contributed by atoms with E-state index in [4.69, 9.17) is 9.47 Å². The molecule has 1 aromatic rings. The van der Waals surface area contributed by atoms with Gasteiger partial charge in [0.2, 0.25) is 17.7 Å². The molecule has 7 heteroatoms. The first-order valence-corrected chi connectivity index (χ1v) is 7.13. The second-order valence-electron chi connectivity index (χ2n) is 5.23. The molecule has 0 spiro atoms. The SMILES string of the molecule is O=C1CCC(NC(=O)Cc2ccc3c(c2)OCCO3)C(=O)N1. The minimum Gasteiger partial charge on any atom is -0.486 e. The molecule has 2 N–H and O–H groups in total. The lowest BCUT2D eigenvalue weighted by molar-refractivity contribution is -0.137. The maximum Gasteiger partial charge on any atom is 0.249 e. The summed E-state index contributed by atoms with van der Waals surface area (Å²) in [6.07, 6.45) is 0.701. The monoisotopic (exact) mass is 304 g/mol. The number of piperidine rings is 1. The fourth-order valence-electron chi connectivity index (χ4n) is 2.46. The standard InChI is InChI=1S/C15H16N2O5/c18-13-4-2-10(15(20)17-13)16-14(19)8-9-1-3-11-12(7-9)22-6-5-21-11/h1,3,7,10H,2,4-6,8H2,(H,16,19)(H,17,18,20). The van der Waals surface area contributed by atoms with Crippen molar-refractivity contribution in [2.45, 2.75) is 25.3 Å². The summed E-state index contributed by atoms with van der Waals surface area (Å²) in [5.41, 5.74) is 0.772. The zero-order chi connectivity index (χ0) is 15.5. The number of hydrogen-bond donors (Lipinski definition) is 2. The van der Waals surface area contributed by atoms with Crippen LogP contribution in [-0.2, 0) is 20.8 Å². The molecule has 1 fully saturated rings. The topological polar surface area (TPSA) is 93.7 Å². The summed E-state index contributed by atoms with van der Waals surface area (Å²) >= 11 is 0. The maximum absolute atomic E-state index is 12.0.